The highest BCUT2D eigenvalue weighted by Crippen LogP contribution is 2.48. The van der Waals surface area contributed by atoms with Gasteiger partial charge < -0.3 is 5.32 Å². The lowest BCUT2D eigenvalue weighted by Crippen LogP contribution is -2.49. The number of nitrogens with one attached hydrogen (secondary N) is 1. The van der Waals surface area contributed by atoms with Crippen LogP contribution in [0.3, 0.4) is 0 Å². The highest BCUT2D eigenvalue weighted by Gasteiger charge is 2.46. The molecule has 4 atom stereocenters. The van der Waals surface area contributed by atoms with Crippen molar-refractivity contribution in [1.29, 1.82) is 0 Å². The molecule has 118 valence electrons. The lowest BCUT2D eigenvalue weighted by molar-refractivity contribution is -0.122. The van der Waals surface area contributed by atoms with E-state index in [1.54, 1.807) is 0 Å². The number of nitrogens with zero attached hydrogens (tertiary/aromatic N) is 1. The second-order valence-corrected chi connectivity index (χ2v) is 7.15. The standard InChI is InChI=1S/C19H26N2O/c1-8-9(2)11(4)16-15(10(8)3)12(5)13(6)18-17(16)19(22)21-14(7)20-18/h12-13,17-18H,1-7H3,(H,20,21,22). The number of amidine groups is 1. The molecule has 1 heterocycles. The third kappa shape index (κ3) is 1.87. The quantitative estimate of drug-likeness (QED) is 0.780. The number of benzene rings is 1. The number of hydrogen-bond donors (Lipinski definition) is 1. The maximum atomic E-state index is 12.7. The van der Waals surface area contributed by atoms with E-state index in [4.69, 9.17) is 4.99 Å². The van der Waals surface area contributed by atoms with E-state index in [9.17, 15) is 4.79 Å². The first-order chi connectivity index (χ1) is 10.3. The Hall–Kier alpha value is -1.64. The molecule has 0 saturated carbocycles. The summed E-state index contributed by atoms with van der Waals surface area (Å²) in [4.78, 5) is 17.5. The first-order valence-corrected chi connectivity index (χ1v) is 8.21. The van der Waals surface area contributed by atoms with Gasteiger partial charge in [-0.1, -0.05) is 13.8 Å². The number of fused-ring (bicyclic) bond motifs is 3. The van der Waals surface area contributed by atoms with Crippen molar-refractivity contribution in [3.63, 3.8) is 0 Å². The Kier molecular flexibility index (Phi) is 3.42. The summed E-state index contributed by atoms with van der Waals surface area (Å²) in [6.45, 7) is 15.2. The van der Waals surface area contributed by atoms with E-state index in [-0.39, 0.29) is 17.9 Å². The van der Waals surface area contributed by atoms with Gasteiger partial charge in [-0.2, -0.15) is 0 Å². The molecule has 1 aliphatic carbocycles. The van der Waals surface area contributed by atoms with Crippen molar-refractivity contribution in [3.8, 4) is 0 Å². The van der Waals surface area contributed by atoms with Crippen molar-refractivity contribution in [2.45, 2.75) is 66.3 Å². The SMILES string of the molecule is CC1=NC2C(C(=O)N1)c1c(C)c(C)c(C)c(C)c1C(C)C2C. The van der Waals surface area contributed by atoms with Gasteiger partial charge in [-0.05, 0) is 79.8 Å². The monoisotopic (exact) mass is 298 g/mol. The molecule has 1 aromatic carbocycles. The van der Waals surface area contributed by atoms with Crippen LogP contribution in [0.5, 0.6) is 0 Å². The minimum atomic E-state index is -0.136. The topological polar surface area (TPSA) is 41.5 Å². The molecule has 1 aromatic rings. The maximum Gasteiger partial charge on any atom is 0.235 e. The zero-order valence-corrected chi connectivity index (χ0v) is 14.7. The highest BCUT2D eigenvalue weighted by atomic mass is 16.2. The van der Waals surface area contributed by atoms with Crippen molar-refractivity contribution in [1.82, 2.24) is 5.32 Å². The Bertz CT molecular complexity index is 702. The van der Waals surface area contributed by atoms with Gasteiger partial charge in [0.2, 0.25) is 5.91 Å². The number of aliphatic imine (C=N–C) groups is 1. The van der Waals surface area contributed by atoms with E-state index >= 15 is 0 Å². The lowest BCUT2D eigenvalue weighted by Gasteiger charge is -2.43. The zero-order valence-electron chi connectivity index (χ0n) is 14.7. The smallest absolute Gasteiger partial charge is 0.235 e. The third-order valence-corrected chi connectivity index (χ3v) is 6.15. The van der Waals surface area contributed by atoms with Crippen LogP contribution in [0, 0.1) is 33.6 Å². The van der Waals surface area contributed by atoms with Crippen LogP contribution >= 0.6 is 0 Å². The molecule has 3 rings (SSSR count). The molecule has 0 saturated heterocycles. The molecule has 22 heavy (non-hydrogen) atoms. The summed E-state index contributed by atoms with van der Waals surface area (Å²) in [5.74, 6) is 1.54. The Morgan fingerprint density at radius 3 is 2.00 bits per heavy atom. The van der Waals surface area contributed by atoms with Gasteiger partial charge in [-0.15, -0.1) is 0 Å². The summed E-state index contributed by atoms with van der Waals surface area (Å²) < 4.78 is 0. The van der Waals surface area contributed by atoms with E-state index in [0.717, 1.165) is 5.84 Å². The first-order valence-electron chi connectivity index (χ1n) is 8.21. The lowest BCUT2D eigenvalue weighted by atomic mass is 9.64. The zero-order chi connectivity index (χ0) is 16.3. The fourth-order valence-electron chi connectivity index (χ4n) is 4.38. The Morgan fingerprint density at radius 2 is 1.41 bits per heavy atom. The van der Waals surface area contributed by atoms with E-state index in [0.29, 0.717) is 11.8 Å². The van der Waals surface area contributed by atoms with Gasteiger partial charge in [0.05, 0.1) is 12.0 Å². The first kappa shape index (κ1) is 15.3. The van der Waals surface area contributed by atoms with Crippen LogP contribution in [0.2, 0.25) is 0 Å². The van der Waals surface area contributed by atoms with Gasteiger partial charge in [0.25, 0.3) is 0 Å². The van der Waals surface area contributed by atoms with Crippen molar-refractivity contribution >= 4 is 11.7 Å². The minimum absolute atomic E-state index is 0.0662. The second kappa shape index (κ2) is 4.94. The Balaban J connectivity index is 2.35. The molecule has 0 aromatic heterocycles. The van der Waals surface area contributed by atoms with Crippen LogP contribution in [0.15, 0.2) is 4.99 Å². The van der Waals surface area contributed by atoms with Crippen LogP contribution < -0.4 is 5.32 Å². The Morgan fingerprint density at radius 1 is 0.864 bits per heavy atom. The molecular formula is C19H26N2O. The van der Waals surface area contributed by atoms with Crippen LogP contribution in [-0.2, 0) is 4.79 Å². The summed E-state index contributed by atoms with van der Waals surface area (Å²) >= 11 is 0. The normalized spacial score (nSPS) is 30.3. The van der Waals surface area contributed by atoms with Gasteiger partial charge in [-0.25, -0.2) is 0 Å². The number of carbonyl (C=O) groups excluding carboxylic acids is 1. The second-order valence-electron chi connectivity index (χ2n) is 7.15. The largest absolute Gasteiger partial charge is 0.314 e. The molecule has 0 radical (unpaired) electrons. The average molecular weight is 298 g/mol. The van der Waals surface area contributed by atoms with Gasteiger partial charge in [0.1, 0.15) is 5.84 Å². The molecular weight excluding hydrogens is 272 g/mol. The van der Waals surface area contributed by atoms with Crippen LogP contribution in [0.4, 0.5) is 0 Å². The summed E-state index contributed by atoms with van der Waals surface area (Å²) in [5.41, 5.74) is 7.94. The number of hydrogen-bond acceptors (Lipinski definition) is 2. The van der Waals surface area contributed by atoms with Crippen LogP contribution in [-0.4, -0.2) is 17.8 Å². The molecule has 3 heteroatoms. The molecule has 0 bridgehead atoms. The molecule has 1 aliphatic heterocycles. The van der Waals surface area contributed by atoms with Crippen LogP contribution in [0.1, 0.15) is 66.0 Å². The predicted molar refractivity (Wildman–Crippen MR) is 90.7 cm³/mol. The minimum Gasteiger partial charge on any atom is -0.314 e. The molecule has 0 fully saturated rings. The van der Waals surface area contributed by atoms with Crippen molar-refractivity contribution in [2.75, 3.05) is 0 Å². The molecule has 1 amide bonds. The molecule has 1 N–H and O–H groups in total. The third-order valence-electron chi connectivity index (χ3n) is 6.15. The average Bonchev–Trinajstić information content (AvgIpc) is 2.46. The maximum absolute atomic E-state index is 12.7. The fraction of sp³-hybridized carbons (Fsp3) is 0.579. The van der Waals surface area contributed by atoms with E-state index in [1.807, 2.05) is 6.92 Å². The Labute approximate surface area is 133 Å². The number of rotatable bonds is 0. The molecule has 0 spiro atoms. The summed E-state index contributed by atoms with van der Waals surface area (Å²) in [6, 6.07) is 0.0662. The van der Waals surface area contributed by atoms with Gasteiger partial charge >= 0.3 is 0 Å². The van der Waals surface area contributed by atoms with E-state index < -0.39 is 0 Å². The number of amides is 1. The summed E-state index contributed by atoms with van der Waals surface area (Å²) in [5, 5.41) is 2.95. The van der Waals surface area contributed by atoms with E-state index in [1.165, 1.54) is 33.4 Å². The van der Waals surface area contributed by atoms with Gasteiger partial charge in [0.15, 0.2) is 0 Å². The van der Waals surface area contributed by atoms with Crippen molar-refractivity contribution in [3.05, 3.63) is 33.4 Å². The van der Waals surface area contributed by atoms with Gasteiger partial charge in [-0.3, -0.25) is 9.79 Å². The summed E-state index contributed by atoms with van der Waals surface area (Å²) in [6.07, 6.45) is 0. The molecule has 3 nitrogen and oxygen atoms in total. The van der Waals surface area contributed by atoms with Gasteiger partial charge in [0, 0.05) is 0 Å². The number of carbonyl (C=O) groups is 1. The van der Waals surface area contributed by atoms with Crippen LogP contribution in [0.25, 0.3) is 0 Å². The van der Waals surface area contributed by atoms with E-state index in [2.05, 4.69) is 46.9 Å². The fourth-order valence-corrected chi connectivity index (χ4v) is 4.38. The summed E-state index contributed by atoms with van der Waals surface area (Å²) in [7, 11) is 0. The molecule has 4 unspecified atom stereocenters. The van der Waals surface area contributed by atoms with Crippen molar-refractivity contribution in [2.24, 2.45) is 10.9 Å². The predicted octanol–water partition coefficient (Wildman–Crippen LogP) is 3.67. The van der Waals surface area contributed by atoms with Crippen molar-refractivity contribution < 1.29 is 4.79 Å². The highest BCUT2D eigenvalue weighted by molar-refractivity contribution is 6.03. The molecule has 2 aliphatic rings.